The molecule has 5 rings (SSSR count). The zero-order valence-corrected chi connectivity index (χ0v) is 24.8. The first-order valence-corrected chi connectivity index (χ1v) is 14.0. The summed E-state index contributed by atoms with van der Waals surface area (Å²) in [7, 11) is 3.74. The summed E-state index contributed by atoms with van der Waals surface area (Å²) in [6.07, 6.45) is -1.59. The zero-order valence-electron chi connectivity index (χ0n) is 24.0. The van der Waals surface area contributed by atoms with Crippen molar-refractivity contribution in [1.82, 2.24) is 14.3 Å². The smallest absolute Gasteiger partial charge is 0.416 e. The van der Waals surface area contributed by atoms with Crippen LogP contribution >= 0.6 is 12.8 Å². The number of alkyl halides is 3. The standard InChI is InChI=1S/C29H27F4N3O.CH5NS.CH2O2/c1-17-34-26-15-21(10-13-27(26)36(17)2)19-8-6-18(7-9-19)20-4-3-5-22(14-20)28(37)35-25-12-11-23(16-24(25)30)29(31,32)33;1-2-3;2-1-3/h6-13,15-16,20,22H,3-5,14H2,1-2H3,(H,35,37);2-3H,1H3;1H,(H,2,3). The van der Waals surface area contributed by atoms with E-state index in [0.29, 0.717) is 18.9 Å². The molecular formula is C31H34F4N4O3S. The number of benzene rings is 3. The predicted octanol–water partition coefficient (Wildman–Crippen LogP) is 7.37. The highest BCUT2D eigenvalue weighted by atomic mass is 32.1. The highest BCUT2D eigenvalue weighted by Gasteiger charge is 2.32. The van der Waals surface area contributed by atoms with Crippen LogP contribution in [0.25, 0.3) is 22.2 Å². The fraction of sp³-hybridized carbons (Fsp3) is 0.323. The van der Waals surface area contributed by atoms with Gasteiger partial charge < -0.3 is 15.0 Å². The number of rotatable bonds is 4. The molecule has 1 saturated carbocycles. The van der Waals surface area contributed by atoms with Crippen LogP contribution in [-0.2, 0) is 22.8 Å². The molecule has 1 aliphatic carbocycles. The molecule has 3 N–H and O–H groups in total. The average molecular weight is 619 g/mol. The highest BCUT2D eigenvalue weighted by Crippen LogP contribution is 2.38. The molecule has 43 heavy (non-hydrogen) atoms. The number of carbonyl (C=O) groups is 2. The second-order valence-electron chi connectivity index (χ2n) is 10.1. The van der Waals surface area contributed by atoms with E-state index in [4.69, 9.17) is 9.90 Å². The molecule has 1 heterocycles. The molecule has 1 fully saturated rings. The van der Waals surface area contributed by atoms with E-state index in [-0.39, 0.29) is 29.9 Å². The summed E-state index contributed by atoms with van der Waals surface area (Å²) in [5.74, 6) is -0.657. The summed E-state index contributed by atoms with van der Waals surface area (Å²) in [6.45, 7) is 1.73. The van der Waals surface area contributed by atoms with Crippen molar-refractivity contribution in [2.24, 2.45) is 13.0 Å². The number of halogens is 4. The van der Waals surface area contributed by atoms with Crippen LogP contribution in [0.4, 0.5) is 23.2 Å². The minimum Gasteiger partial charge on any atom is -0.483 e. The van der Waals surface area contributed by atoms with Crippen LogP contribution in [0.1, 0.15) is 48.6 Å². The number of thiol groups is 1. The molecule has 3 aromatic carbocycles. The molecule has 230 valence electrons. The third-order valence-electron chi connectivity index (χ3n) is 7.42. The van der Waals surface area contributed by atoms with Crippen LogP contribution < -0.4 is 10.0 Å². The van der Waals surface area contributed by atoms with E-state index in [0.717, 1.165) is 58.5 Å². The first-order valence-electron chi connectivity index (χ1n) is 13.5. The van der Waals surface area contributed by atoms with Gasteiger partial charge in [0.25, 0.3) is 6.47 Å². The Bertz CT molecular complexity index is 1540. The van der Waals surface area contributed by atoms with Gasteiger partial charge in [0.1, 0.15) is 11.6 Å². The lowest BCUT2D eigenvalue weighted by molar-refractivity contribution is -0.137. The topological polar surface area (TPSA) is 96.3 Å². The number of amides is 1. The van der Waals surface area contributed by atoms with Crippen molar-refractivity contribution < 1.29 is 32.3 Å². The van der Waals surface area contributed by atoms with Gasteiger partial charge in [0, 0.05) is 13.0 Å². The quantitative estimate of drug-likeness (QED) is 0.109. The summed E-state index contributed by atoms with van der Waals surface area (Å²) in [5, 5.41) is 9.38. The monoisotopic (exact) mass is 618 g/mol. The second-order valence-corrected chi connectivity index (χ2v) is 10.6. The van der Waals surface area contributed by atoms with Gasteiger partial charge in [-0.3, -0.25) is 14.3 Å². The van der Waals surface area contributed by atoms with E-state index in [1.54, 1.807) is 7.05 Å². The average Bonchev–Trinajstić information content (AvgIpc) is 3.26. The third kappa shape index (κ3) is 8.57. The first kappa shape index (κ1) is 33.6. The first-order chi connectivity index (χ1) is 20.4. The van der Waals surface area contributed by atoms with Crippen molar-refractivity contribution in [2.45, 2.75) is 44.7 Å². The van der Waals surface area contributed by atoms with Crippen LogP contribution in [0.15, 0.2) is 60.7 Å². The van der Waals surface area contributed by atoms with Gasteiger partial charge in [0.15, 0.2) is 0 Å². The van der Waals surface area contributed by atoms with Crippen LogP contribution in [0.3, 0.4) is 0 Å². The number of hydrogen-bond donors (Lipinski definition) is 4. The van der Waals surface area contributed by atoms with Gasteiger partial charge in [-0.05, 0) is 86.2 Å². The number of imidazole rings is 1. The Balaban J connectivity index is 0.000000780. The molecule has 2 unspecified atom stereocenters. The molecule has 0 saturated heterocycles. The molecule has 2 atom stereocenters. The molecule has 12 heteroatoms. The predicted molar refractivity (Wildman–Crippen MR) is 162 cm³/mol. The normalized spacial score (nSPS) is 16.4. The van der Waals surface area contributed by atoms with Crippen LogP contribution in [0.5, 0.6) is 0 Å². The Hall–Kier alpha value is -3.90. The fourth-order valence-corrected chi connectivity index (χ4v) is 5.21. The fourth-order valence-electron chi connectivity index (χ4n) is 5.21. The number of aryl methyl sites for hydroxylation is 2. The molecule has 7 nitrogen and oxygen atoms in total. The lowest BCUT2D eigenvalue weighted by Gasteiger charge is -2.29. The number of nitrogens with one attached hydrogen (secondary N) is 2. The summed E-state index contributed by atoms with van der Waals surface area (Å²) in [5.41, 5.74) is 4.02. The van der Waals surface area contributed by atoms with Gasteiger partial charge in [-0.15, -0.1) is 0 Å². The molecule has 0 spiro atoms. The second kappa shape index (κ2) is 15.0. The van der Waals surface area contributed by atoms with Crippen LogP contribution in [-0.4, -0.2) is 34.1 Å². The molecule has 0 aliphatic heterocycles. The van der Waals surface area contributed by atoms with E-state index in [2.05, 4.69) is 74.9 Å². The zero-order chi connectivity index (χ0) is 31.7. The Morgan fingerprint density at radius 3 is 2.30 bits per heavy atom. The summed E-state index contributed by atoms with van der Waals surface area (Å²) < 4.78 is 57.1. The van der Waals surface area contributed by atoms with Crippen molar-refractivity contribution >= 4 is 41.9 Å². The van der Waals surface area contributed by atoms with E-state index >= 15 is 0 Å². The highest BCUT2D eigenvalue weighted by molar-refractivity contribution is 7.78. The lowest BCUT2D eigenvalue weighted by Crippen LogP contribution is -2.28. The number of anilines is 1. The number of carbonyl (C=O) groups excluding carboxylic acids is 1. The lowest BCUT2D eigenvalue weighted by atomic mass is 9.77. The number of nitrogens with zero attached hydrogens (tertiary/aromatic N) is 2. The van der Waals surface area contributed by atoms with Gasteiger partial charge in [0.05, 0.1) is 22.3 Å². The Morgan fingerprint density at radius 1 is 1.07 bits per heavy atom. The van der Waals surface area contributed by atoms with Crippen LogP contribution in [0, 0.1) is 18.7 Å². The molecule has 4 aromatic rings. The number of carboxylic acid groups (broad SMARTS) is 1. The molecule has 0 bridgehead atoms. The number of aromatic nitrogens is 2. The van der Waals surface area contributed by atoms with Crippen molar-refractivity contribution in [3.63, 3.8) is 0 Å². The van der Waals surface area contributed by atoms with Gasteiger partial charge >= 0.3 is 6.18 Å². The number of fused-ring (bicyclic) bond motifs is 1. The van der Waals surface area contributed by atoms with Gasteiger partial charge in [-0.25, -0.2) is 9.37 Å². The molecule has 0 radical (unpaired) electrons. The van der Waals surface area contributed by atoms with Gasteiger partial charge in [-0.1, -0.05) is 49.6 Å². The van der Waals surface area contributed by atoms with E-state index in [1.807, 2.05) is 14.0 Å². The van der Waals surface area contributed by atoms with Gasteiger partial charge in [-0.2, -0.15) is 13.2 Å². The van der Waals surface area contributed by atoms with Crippen LogP contribution in [0.2, 0.25) is 0 Å². The SMILES string of the molecule is CNS.Cc1nc2cc(-c3ccc(C4CCCC(C(=O)Nc5ccc(C(F)(F)F)cc5F)C4)cc3)ccc2n1C.O=CO. The summed E-state index contributed by atoms with van der Waals surface area (Å²) in [4.78, 5) is 25.8. The van der Waals surface area contributed by atoms with Crippen molar-refractivity contribution in [3.05, 3.63) is 83.4 Å². The minimum atomic E-state index is -4.64. The largest absolute Gasteiger partial charge is 0.483 e. The van der Waals surface area contributed by atoms with E-state index in [9.17, 15) is 22.4 Å². The maximum atomic E-state index is 14.2. The van der Waals surface area contributed by atoms with E-state index < -0.39 is 17.6 Å². The Kier molecular flexibility index (Phi) is 11.7. The van der Waals surface area contributed by atoms with Gasteiger partial charge in [0.2, 0.25) is 5.91 Å². The summed E-state index contributed by atoms with van der Waals surface area (Å²) in [6, 6.07) is 16.7. The number of hydrogen-bond acceptors (Lipinski definition) is 5. The molecular weight excluding hydrogens is 584 g/mol. The van der Waals surface area contributed by atoms with Crippen molar-refractivity contribution in [3.8, 4) is 11.1 Å². The molecule has 1 aliphatic rings. The summed E-state index contributed by atoms with van der Waals surface area (Å²) >= 11 is 3.54. The Labute approximate surface area is 252 Å². The third-order valence-corrected chi connectivity index (χ3v) is 7.42. The Morgan fingerprint density at radius 2 is 1.70 bits per heavy atom. The maximum absolute atomic E-state index is 14.2. The maximum Gasteiger partial charge on any atom is 0.416 e. The molecule has 1 amide bonds. The molecule has 1 aromatic heterocycles. The van der Waals surface area contributed by atoms with Crippen molar-refractivity contribution in [2.75, 3.05) is 12.4 Å². The van der Waals surface area contributed by atoms with Crippen molar-refractivity contribution in [1.29, 1.82) is 0 Å². The van der Waals surface area contributed by atoms with E-state index in [1.165, 1.54) is 0 Å². The minimum absolute atomic E-state index is 0.178.